The van der Waals surface area contributed by atoms with Crippen LogP contribution < -0.4 is 5.32 Å². The Balaban J connectivity index is 4.50. The summed E-state index contributed by atoms with van der Waals surface area (Å²) in [6.45, 7) is 11.4. The van der Waals surface area contributed by atoms with Gasteiger partial charge in [-0.2, -0.15) is 0 Å². The highest BCUT2D eigenvalue weighted by Gasteiger charge is 2.29. The maximum absolute atomic E-state index is 12.3. The summed E-state index contributed by atoms with van der Waals surface area (Å²) < 4.78 is 26.2. The summed E-state index contributed by atoms with van der Waals surface area (Å²) >= 11 is 0. The summed E-state index contributed by atoms with van der Waals surface area (Å²) in [5.41, 5.74) is 0. The molecular weight excluding hydrogens is 248 g/mol. The third kappa shape index (κ3) is 5.67. The fourth-order valence-corrected chi connectivity index (χ4v) is 3.44. The highest BCUT2D eigenvalue weighted by Crippen LogP contribution is 2.16. The third-order valence-corrected chi connectivity index (χ3v) is 5.55. The quantitative estimate of drug-likeness (QED) is 0.657. The number of hydrogen-bond acceptors (Lipinski definition) is 3. The lowest BCUT2D eigenvalue weighted by Crippen LogP contribution is -2.44. The maximum atomic E-state index is 12.3. The Morgan fingerprint density at radius 1 is 1.17 bits per heavy atom. The van der Waals surface area contributed by atoms with Gasteiger partial charge < -0.3 is 5.32 Å². The van der Waals surface area contributed by atoms with Crippen molar-refractivity contribution in [3.63, 3.8) is 0 Å². The van der Waals surface area contributed by atoms with Gasteiger partial charge in [0, 0.05) is 19.6 Å². The molecule has 0 heterocycles. The van der Waals surface area contributed by atoms with Gasteiger partial charge >= 0.3 is 0 Å². The van der Waals surface area contributed by atoms with E-state index >= 15 is 0 Å². The standard InChI is InChI=1S/C13H30N2O2S/c1-7-8-14-10-13(5)18(16,17)15(6)12(4)9-11(2)3/h11-14H,7-10H2,1-6H3. The minimum atomic E-state index is -3.19. The van der Waals surface area contributed by atoms with Gasteiger partial charge in [0.25, 0.3) is 0 Å². The fraction of sp³-hybridized carbons (Fsp3) is 1.00. The zero-order valence-electron chi connectivity index (χ0n) is 12.7. The average Bonchev–Trinajstić information content (AvgIpc) is 2.27. The Morgan fingerprint density at radius 2 is 1.72 bits per heavy atom. The molecule has 4 nitrogen and oxygen atoms in total. The van der Waals surface area contributed by atoms with Crippen molar-refractivity contribution in [3.05, 3.63) is 0 Å². The predicted molar refractivity (Wildman–Crippen MR) is 78.2 cm³/mol. The van der Waals surface area contributed by atoms with E-state index in [1.54, 1.807) is 14.0 Å². The molecule has 0 radical (unpaired) electrons. The van der Waals surface area contributed by atoms with Crippen LogP contribution in [0, 0.1) is 5.92 Å². The molecule has 5 heteroatoms. The lowest BCUT2D eigenvalue weighted by molar-refractivity contribution is 0.334. The molecule has 0 aliphatic heterocycles. The minimum absolute atomic E-state index is 0.0589. The van der Waals surface area contributed by atoms with Crippen LogP contribution in [0.15, 0.2) is 0 Å². The number of rotatable bonds is 9. The Hall–Kier alpha value is -0.130. The Morgan fingerprint density at radius 3 is 2.17 bits per heavy atom. The second-order valence-corrected chi connectivity index (χ2v) is 7.97. The van der Waals surface area contributed by atoms with Crippen LogP contribution in [0.25, 0.3) is 0 Å². The summed E-state index contributed by atoms with van der Waals surface area (Å²) in [5.74, 6) is 0.506. The summed E-state index contributed by atoms with van der Waals surface area (Å²) in [6, 6.07) is 0.0589. The summed E-state index contributed by atoms with van der Waals surface area (Å²) in [5, 5.41) is 2.80. The zero-order chi connectivity index (χ0) is 14.3. The van der Waals surface area contributed by atoms with E-state index in [4.69, 9.17) is 0 Å². The average molecular weight is 278 g/mol. The number of nitrogens with one attached hydrogen (secondary N) is 1. The lowest BCUT2D eigenvalue weighted by atomic mass is 10.1. The topological polar surface area (TPSA) is 49.4 Å². The molecule has 2 atom stereocenters. The van der Waals surface area contributed by atoms with Crippen LogP contribution in [0.5, 0.6) is 0 Å². The largest absolute Gasteiger partial charge is 0.315 e. The van der Waals surface area contributed by atoms with Crippen LogP contribution >= 0.6 is 0 Å². The Labute approximate surface area is 113 Å². The van der Waals surface area contributed by atoms with E-state index < -0.39 is 10.0 Å². The molecule has 0 rings (SSSR count). The van der Waals surface area contributed by atoms with E-state index in [0.29, 0.717) is 12.5 Å². The molecule has 0 fully saturated rings. The van der Waals surface area contributed by atoms with Gasteiger partial charge in [0.2, 0.25) is 10.0 Å². The Bertz CT molecular complexity index is 315. The van der Waals surface area contributed by atoms with E-state index in [1.807, 2.05) is 6.92 Å². The molecule has 0 aliphatic carbocycles. The van der Waals surface area contributed by atoms with Crippen molar-refractivity contribution in [1.82, 2.24) is 9.62 Å². The molecule has 0 aromatic heterocycles. The smallest absolute Gasteiger partial charge is 0.217 e. The maximum Gasteiger partial charge on any atom is 0.217 e. The SMILES string of the molecule is CCCNCC(C)S(=O)(=O)N(C)C(C)CC(C)C. The van der Waals surface area contributed by atoms with Crippen LogP contribution in [0.2, 0.25) is 0 Å². The van der Waals surface area contributed by atoms with Gasteiger partial charge in [0.15, 0.2) is 0 Å². The highest BCUT2D eigenvalue weighted by atomic mass is 32.2. The normalized spacial score (nSPS) is 16.2. The first-order valence-corrected chi connectivity index (χ1v) is 8.41. The van der Waals surface area contributed by atoms with Crippen molar-refractivity contribution in [2.45, 2.75) is 58.8 Å². The van der Waals surface area contributed by atoms with Gasteiger partial charge in [0.1, 0.15) is 0 Å². The second-order valence-electron chi connectivity index (χ2n) is 5.55. The van der Waals surface area contributed by atoms with Crippen molar-refractivity contribution in [2.75, 3.05) is 20.1 Å². The molecule has 18 heavy (non-hydrogen) atoms. The van der Waals surface area contributed by atoms with Crippen LogP contribution in [0.4, 0.5) is 0 Å². The monoisotopic (exact) mass is 278 g/mol. The van der Waals surface area contributed by atoms with Crippen molar-refractivity contribution < 1.29 is 8.42 Å². The summed E-state index contributed by atoms with van der Waals surface area (Å²) in [6.07, 6.45) is 1.91. The molecule has 0 aliphatic rings. The molecule has 2 unspecified atom stereocenters. The molecule has 0 amide bonds. The Kier molecular flexibility index (Phi) is 8.06. The first kappa shape index (κ1) is 17.9. The van der Waals surface area contributed by atoms with E-state index in [-0.39, 0.29) is 11.3 Å². The van der Waals surface area contributed by atoms with Gasteiger partial charge in [-0.25, -0.2) is 12.7 Å². The van der Waals surface area contributed by atoms with Gasteiger partial charge in [0.05, 0.1) is 5.25 Å². The van der Waals surface area contributed by atoms with E-state index in [2.05, 4.69) is 26.1 Å². The molecule has 0 spiro atoms. The first-order chi connectivity index (χ1) is 8.23. The number of sulfonamides is 1. The van der Waals surface area contributed by atoms with E-state index in [1.165, 1.54) is 4.31 Å². The first-order valence-electron chi connectivity index (χ1n) is 6.91. The van der Waals surface area contributed by atoms with Crippen LogP contribution in [-0.4, -0.2) is 44.2 Å². The molecule has 0 saturated carbocycles. The van der Waals surface area contributed by atoms with Crippen molar-refractivity contribution in [3.8, 4) is 0 Å². The van der Waals surface area contributed by atoms with Crippen molar-refractivity contribution >= 4 is 10.0 Å². The van der Waals surface area contributed by atoms with E-state index in [9.17, 15) is 8.42 Å². The molecule has 0 saturated heterocycles. The number of hydrogen-bond donors (Lipinski definition) is 1. The lowest BCUT2D eigenvalue weighted by Gasteiger charge is -2.28. The fourth-order valence-electron chi connectivity index (χ4n) is 1.95. The molecule has 0 aromatic carbocycles. The van der Waals surface area contributed by atoms with Crippen molar-refractivity contribution in [1.29, 1.82) is 0 Å². The van der Waals surface area contributed by atoms with Crippen LogP contribution in [0.1, 0.15) is 47.5 Å². The molecule has 1 N–H and O–H groups in total. The molecule has 0 aromatic rings. The van der Waals surface area contributed by atoms with Crippen molar-refractivity contribution in [2.24, 2.45) is 5.92 Å². The second kappa shape index (κ2) is 8.12. The van der Waals surface area contributed by atoms with Gasteiger partial charge in [-0.3, -0.25) is 0 Å². The summed E-state index contributed by atoms with van der Waals surface area (Å²) in [4.78, 5) is 0. The molecule has 0 bridgehead atoms. The minimum Gasteiger partial charge on any atom is -0.315 e. The summed E-state index contributed by atoms with van der Waals surface area (Å²) in [7, 11) is -1.50. The zero-order valence-corrected chi connectivity index (χ0v) is 13.5. The van der Waals surface area contributed by atoms with Gasteiger partial charge in [-0.15, -0.1) is 0 Å². The highest BCUT2D eigenvalue weighted by molar-refractivity contribution is 7.89. The van der Waals surface area contributed by atoms with Crippen LogP contribution in [0.3, 0.4) is 0 Å². The van der Waals surface area contributed by atoms with E-state index in [0.717, 1.165) is 19.4 Å². The van der Waals surface area contributed by atoms with Gasteiger partial charge in [-0.05, 0) is 39.2 Å². The predicted octanol–water partition coefficient (Wildman–Crippen LogP) is 2.07. The molecule has 110 valence electrons. The number of nitrogens with zero attached hydrogens (tertiary/aromatic N) is 1. The molecular formula is C13H30N2O2S. The third-order valence-electron chi connectivity index (χ3n) is 3.20. The van der Waals surface area contributed by atoms with Gasteiger partial charge in [-0.1, -0.05) is 20.8 Å². The van der Waals surface area contributed by atoms with Crippen LogP contribution in [-0.2, 0) is 10.0 Å².